The maximum absolute atomic E-state index is 13.5. The lowest BCUT2D eigenvalue weighted by Crippen LogP contribution is -2.32. The topological polar surface area (TPSA) is 99.7 Å². The number of thioether (sulfide) groups is 1. The number of phenolic OH excluding ortho intramolecular Hbond substituents is 1. The third-order valence-electron chi connectivity index (χ3n) is 5.40. The van der Waals surface area contributed by atoms with Crippen LogP contribution in [0.4, 0.5) is 5.69 Å². The maximum atomic E-state index is 13.5. The highest BCUT2D eigenvalue weighted by Gasteiger charge is 2.56. The predicted octanol–water partition coefficient (Wildman–Crippen LogP) is 2.95. The fraction of sp³-hybridized carbons (Fsp3) is 0.190. The van der Waals surface area contributed by atoms with Gasteiger partial charge in [0.05, 0.1) is 23.7 Å². The van der Waals surface area contributed by atoms with Crippen LogP contribution in [-0.4, -0.2) is 34.3 Å². The average Bonchev–Trinajstić information content (AvgIpc) is 3.24. The fourth-order valence-corrected chi connectivity index (χ4v) is 6.61. The van der Waals surface area contributed by atoms with E-state index >= 15 is 0 Å². The van der Waals surface area contributed by atoms with Crippen molar-refractivity contribution in [3.8, 4) is 11.5 Å². The molecule has 3 aromatic rings. The van der Waals surface area contributed by atoms with Crippen molar-refractivity contribution in [2.45, 2.75) is 16.2 Å². The number of carbonyl (C=O) groups is 2. The van der Waals surface area contributed by atoms with Crippen LogP contribution in [-0.2, 0) is 9.59 Å². The Bertz CT molecular complexity index is 1220. The Morgan fingerprint density at radius 2 is 1.83 bits per heavy atom. The number of hydrogen-bond acceptors (Lipinski definition) is 7. The monoisotopic (exact) mass is 440 g/mol. The minimum Gasteiger partial charge on any atom is -0.504 e. The molecule has 1 saturated heterocycles. The number of anilines is 1. The molecule has 2 aliphatic heterocycles. The third kappa shape index (κ3) is 2.77. The molecule has 5 rings (SSSR count). The number of phenols is 1. The Labute approximate surface area is 179 Å². The molecular weight excluding hydrogens is 424 g/mol. The molecule has 2 aliphatic rings. The van der Waals surface area contributed by atoms with Gasteiger partial charge in [0.1, 0.15) is 5.25 Å². The molecule has 2 N–H and O–H groups in total. The molecule has 1 aromatic heterocycles. The number of hydrogen-bond donors (Lipinski definition) is 2. The fourth-order valence-electron chi connectivity index (χ4n) is 4.10. The highest BCUT2D eigenvalue weighted by atomic mass is 32.2. The van der Waals surface area contributed by atoms with Gasteiger partial charge in [-0.15, -0.1) is 0 Å². The van der Waals surface area contributed by atoms with E-state index in [9.17, 15) is 19.5 Å². The minimum atomic E-state index is -0.670. The largest absolute Gasteiger partial charge is 0.504 e. The maximum Gasteiger partial charge on any atom is 0.305 e. The van der Waals surface area contributed by atoms with Gasteiger partial charge >= 0.3 is 4.87 Å². The number of thiazole rings is 1. The van der Waals surface area contributed by atoms with Crippen molar-refractivity contribution in [1.82, 2.24) is 4.98 Å². The summed E-state index contributed by atoms with van der Waals surface area (Å²) in [6.45, 7) is 0. The van der Waals surface area contributed by atoms with Crippen LogP contribution in [0.25, 0.3) is 0 Å². The second-order valence-electron chi connectivity index (χ2n) is 7.03. The Hall–Kier alpha value is -3.04. The summed E-state index contributed by atoms with van der Waals surface area (Å²) in [5.74, 6) is -1.53. The van der Waals surface area contributed by atoms with E-state index in [0.29, 0.717) is 16.3 Å². The number of para-hydroxylation sites is 1. The number of aromatic amines is 1. The van der Waals surface area contributed by atoms with Crippen LogP contribution in [0.1, 0.15) is 16.4 Å². The van der Waals surface area contributed by atoms with Crippen LogP contribution < -0.4 is 14.5 Å². The summed E-state index contributed by atoms with van der Waals surface area (Å²) >= 11 is 2.28. The molecule has 0 saturated carbocycles. The van der Waals surface area contributed by atoms with Crippen molar-refractivity contribution in [1.29, 1.82) is 0 Å². The van der Waals surface area contributed by atoms with Gasteiger partial charge in [0.2, 0.25) is 11.8 Å². The van der Waals surface area contributed by atoms with E-state index in [0.717, 1.165) is 16.2 Å². The Morgan fingerprint density at radius 1 is 1.07 bits per heavy atom. The van der Waals surface area contributed by atoms with Gasteiger partial charge in [0, 0.05) is 10.8 Å². The van der Waals surface area contributed by atoms with E-state index in [1.54, 1.807) is 36.4 Å². The third-order valence-corrected chi connectivity index (χ3v) is 7.80. The van der Waals surface area contributed by atoms with Gasteiger partial charge < -0.3 is 14.8 Å². The van der Waals surface area contributed by atoms with Gasteiger partial charge in [0.15, 0.2) is 11.5 Å². The molecule has 3 unspecified atom stereocenters. The molecule has 7 nitrogen and oxygen atoms in total. The van der Waals surface area contributed by atoms with Gasteiger partial charge in [-0.05, 0) is 29.8 Å². The van der Waals surface area contributed by atoms with Crippen LogP contribution in [0.15, 0.2) is 58.4 Å². The Kier molecular flexibility index (Phi) is 4.44. The standard InChI is InChI=1S/C21H16N2O5S2/c1-28-13-9-10(7-8-12(13)24)14-15-17(29-18-16(14)30-21(27)22-18)20(26)23(19(15)25)11-5-3-2-4-6-11/h2-9,14-15,17,24H,1H3,(H,22,27). The van der Waals surface area contributed by atoms with Crippen molar-refractivity contribution in [3.63, 3.8) is 0 Å². The molecule has 3 atom stereocenters. The minimum absolute atomic E-state index is 0.0230. The smallest absolute Gasteiger partial charge is 0.305 e. The molecule has 30 heavy (non-hydrogen) atoms. The number of rotatable bonds is 3. The van der Waals surface area contributed by atoms with Gasteiger partial charge in [-0.25, -0.2) is 4.90 Å². The summed E-state index contributed by atoms with van der Waals surface area (Å²) in [4.78, 5) is 43.4. The van der Waals surface area contributed by atoms with E-state index in [2.05, 4.69) is 4.98 Å². The van der Waals surface area contributed by atoms with E-state index < -0.39 is 17.1 Å². The summed E-state index contributed by atoms with van der Waals surface area (Å²) in [7, 11) is 1.44. The zero-order valence-electron chi connectivity index (χ0n) is 15.7. The van der Waals surface area contributed by atoms with Crippen LogP contribution in [0.2, 0.25) is 0 Å². The molecule has 0 bridgehead atoms. The lowest BCUT2D eigenvalue weighted by Gasteiger charge is -2.30. The zero-order chi connectivity index (χ0) is 21.0. The second-order valence-corrected chi connectivity index (χ2v) is 9.20. The van der Waals surface area contributed by atoms with Crippen molar-refractivity contribution >= 4 is 40.6 Å². The molecule has 0 aliphatic carbocycles. The first kappa shape index (κ1) is 19.0. The van der Waals surface area contributed by atoms with Gasteiger partial charge in [-0.1, -0.05) is 47.4 Å². The summed E-state index contributed by atoms with van der Waals surface area (Å²) in [5, 5.41) is 9.95. The number of ether oxygens (including phenoxy) is 1. The van der Waals surface area contributed by atoms with Crippen LogP contribution in [0.5, 0.6) is 11.5 Å². The summed E-state index contributed by atoms with van der Waals surface area (Å²) < 4.78 is 5.24. The van der Waals surface area contributed by atoms with Crippen molar-refractivity contribution in [3.05, 3.63) is 68.6 Å². The Balaban J connectivity index is 1.67. The van der Waals surface area contributed by atoms with E-state index in [1.165, 1.54) is 29.8 Å². The van der Waals surface area contributed by atoms with Crippen LogP contribution >= 0.6 is 23.1 Å². The number of benzene rings is 2. The first-order valence-electron chi connectivity index (χ1n) is 9.19. The number of amides is 2. The lowest BCUT2D eigenvalue weighted by molar-refractivity contribution is -0.122. The molecule has 1 fully saturated rings. The number of aromatic nitrogens is 1. The normalized spacial score (nSPS) is 22.7. The summed E-state index contributed by atoms with van der Waals surface area (Å²) in [6, 6.07) is 13.7. The van der Waals surface area contributed by atoms with Crippen LogP contribution in [0.3, 0.4) is 0 Å². The van der Waals surface area contributed by atoms with Crippen LogP contribution in [0, 0.1) is 5.92 Å². The van der Waals surface area contributed by atoms with Crippen molar-refractivity contribution < 1.29 is 19.4 Å². The number of aromatic hydroxyl groups is 1. The predicted molar refractivity (Wildman–Crippen MR) is 114 cm³/mol. The molecule has 0 radical (unpaired) electrons. The molecule has 9 heteroatoms. The number of carbonyl (C=O) groups excluding carboxylic acids is 2. The molecule has 2 aromatic carbocycles. The number of nitrogens with one attached hydrogen (secondary N) is 1. The zero-order valence-corrected chi connectivity index (χ0v) is 17.3. The van der Waals surface area contributed by atoms with Crippen molar-refractivity contribution in [2.75, 3.05) is 12.0 Å². The highest BCUT2D eigenvalue weighted by Crippen LogP contribution is 2.53. The summed E-state index contributed by atoms with van der Waals surface area (Å²) in [5.41, 5.74) is 1.23. The number of imide groups is 1. The quantitative estimate of drug-likeness (QED) is 0.608. The molecule has 2 amide bonds. The number of H-pyrrole nitrogens is 1. The first-order valence-corrected chi connectivity index (χ1v) is 10.9. The van der Waals surface area contributed by atoms with E-state index in [4.69, 9.17) is 4.74 Å². The number of fused-ring (bicyclic) bond motifs is 2. The van der Waals surface area contributed by atoms with Gasteiger partial charge in [-0.3, -0.25) is 14.4 Å². The first-order chi connectivity index (χ1) is 14.5. The van der Waals surface area contributed by atoms with E-state index in [-0.39, 0.29) is 28.2 Å². The highest BCUT2D eigenvalue weighted by molar-refractivity contribution is 8.00. The average molecular weight is 441 g/mol. The number of nitrogens with zero attached hydrogens (tertiary/aromatic N) is 1. The SMILES string of the molecule is COc1cc(C2c3sc(=O)[nH]c3SC3C(=O)N(c4ccccc4)C(=O)C32)ccc1O. The summed E-state index contributed by atoms with van der Waals surface area (Å²) in [6.07, 6.45) is 0. The van der Waals surface area contributed by atoms with Gasteiger partial charge in [-0.2, -0.15) is 0 Å². The van der Waals surface area contributed by atoms with E-state index in [1.807, 2.05) is 6.07 Å². The molecule has 0 spiro atoms. The molecule has 152 valence electrons. The lowest BCUT2D eigenvalue weighted by atomic mass is 9.83. The van der Waals surface area contributed by atoms with Crippen molar-refractivity contribution in [2.24, 2.45) is 5.92 Å². The molecule has 3 heterocycles. The Morgan fingerprint density at radius 3 is 2.57 bits per heavy atom. The molecular formula is C21H16N2O5S2. The number of methoxy groups -OCH3 is 1. The second kappa shape index (κ2) is 7.03. The van der Waals surface area contributed by atoms with Gasteiger partial charge in [0.25, 0.3) is 0 Å².